The predicted octanol–water partition coefficient (Wildman–Crippen LogP) is 4.87. The van der Waals surface area contributed by atoms with Gasteiger partial charge in [0.2, 0.25) is 0 Å². The third-order valence-electron chi connectivity index (χ3n) is 4.68. The lowest BCUT2D eigenvalue weighted by atomic mass is 10.2. The summed E-state index contributed by atoms with van der Waals surface area (Å²) in [5.41, 5.74) is 3.37. The van der Waals surface area contributed by atoms with Crippen molar-refractivity contribution in [3.05, 3.63) is 67.2 Å². The molecule has 0 aliphatic carbocycles. The predicted molar refractivity (Wildman–Crippen MR) is 116 cm³/mol. The Bertz CT molecular complexity index is 1320. The first kappa shape index (κ1) is 18.4. The Morgan fingerprint density at radius 2 is 1.87 bits per heavy atom. The first-order valence-corrected chi connectivity index (χ1v) is 10.4. The second-order valence-electron chi connectivity index (χ2n) is 6.44. The summed E-state index contributed by atoms with van der Waals surface area (Å²) in [4.78, 5) is 18.4. The Morgan fingerprint density at radius 1 is 1.00 bits per heavy atom. The smallest absolute Gasteiger partial charge is 0.189 e. The molecule has 0 aliphatic heterocycles. The Balaban J connectivity index is 1.80. The summed E-state index contributed by atoms with van der Waals surface area (Å²) in [6, 6.07) is 15.3. The first-order chi connectivity index (χ1) is 14.8. The van der Waals surface area contributed by atoms with Crippen molar-refractivity contribution in [1.82, 2.24) is 24.5 Å². The molecule has 0 amide bonds. The van der Waals surface area contributed by atoms with Gasteiger partial charge in [0.15, 0.2) is 10.9 Å². The largest absolute Gasteiger partial charge is 0.497 e. The normalized spacial score (nSPS) is 11.1. The molecular formula is C22H17N5O2S. The average molecular weight is 415 g/mol. The second kappa shape index (κ2) is 7.64. The monoisotopic (exact) mass is 415 g/mol. The fraction of sp³-hybridized carbons (Fsp3) is 0.0909. The second-order valence-corrected chi connectivity index (χ2v) is 7.21. The van der Waals surface area contributed by atoms with Crippen molar-refractivity contribution < 1.29 is 9.15 Å². The van der Waals surface area contributed by atoms with E-state index >= 15 is 0 Å². The highest BCUT2D eigenvalue weighted by Gasteiger charge is 2.18. The molecule has 0 saturated heterocycles. The molecule has 7 nitrogen and oxygen atoms in total. The van der Waals surface area contributed by atoms with Gasteiger partial charge in [-0.25, -0.2) is 15.0 Å². The van der Waals surface area contributed by atoms with Crippen LogP contribution >= 0.6 is 11.8 Å². The van der Waals surface area contributed by atoms with Crippen molar-refractivity contribution in [3.63, 3.8) is 0 Å². The molecule has 148 valence electrons. The number of rotatable bonds is 5. The third-order valence-corrected chi connectivity index (χ3v) is 5.23. The van der Waals surface area contributed by atoms with Crippen LogP contribution in [-0.2, 0) is 0 Å². The summed E-state index contributed by atoms with van der Waals surface area (Å²) in [6.07, 6.45) is 7.09. The molecule has 1 aromatic carbocycles. The molecule has 4 heterocycles. The molecule has 0 spiro atoms. The van der Waals surface area contributed by atoms with Crippen molar-refractivity contribution in [2.24, 2.45) is 0 Å². The maximum absolute atomic E-state index is 5.57. The van der Waals surface area contributed by atoms with Crippen molar-refractivity contribution in [3.8, 4) is 34.4 Å². The van der Waals surface area contributed by atoms with Gasteiger partial charge in [-0.05, 0) is 42.7 Å². The number of imidazole rings is 1. The molecule has 5 rings (SSSR count). The van der Waals surface area contributed by atoms with Crippen LogP contribution in [0.5, 0.6) is 5.75 Å². The lowest BCUT2D eigenvalue weighted by Gasteiger charge is -2.11. The number of aromatic nitrogens is 5. The van der Waals surface area contributed by atoms with Gasteiger partial charge in [0, 0.05) is 30.1 Å². The van der Waals surface area contributed by atoms with E-state index in [-0.39, 0.29) is 0 Å². The Labute approximate surface area is 176 Å². The van der Waals surface area contributed by atoms with E-state index in [2.05, 4.69) is 9.97 Å². The molecule has 0 N–H and O–H groups in total. The van der Waals surface area contributed by atoms with Crippen LogP contribution in [0.4, 0.5) is 0 Å². The maximum atomic E-state index is 5.57. The molecule has 30 heavy (non-hydrogen) atoms. The van der Waals surface area contributed by atoms with Crippen LogP contribution in [0.15, 0.2) is 76.8 Å². The van der Waals surface area contributed by atoms with Gasteiger partial charge in [-0.3, -0.25) is 9.55 Å². The molecular weight excluding hydrogens is 398 g/mol. The van der Waals surface area contributed by atoms with E-state index in [9.17, 15) is 0 Å². The Kier molecular flexibility index (Phi) is 4.68. The van der Waals surface area contributed by atoms with Crippen molar-refractivity contribution in [2.45, 2.75) is 5.16 Å². The summed E-state index contributed by atoms with van der Waals surface area (Å²) < 4.78 is 13.0. The van der Waals surface area contributed by atoms with Crippen LogP contribution in [0.2, 0.25) is 0 Å². The number of methoxy groups -OCH3 is 1. The first-order valence-electron chi connectivity index (χ1n) is 9.21. The highest BCUT2D eigenvalue weighted by atomic mass is 32.2. The van der Waals surface area contributed by atoms with Crippen LogP contribution in [0, 0.1) is 0 Å². The van der Waals surface area contributed by atoms with Crippen LogP contribution in [0.25, 0.3) is 39.7 Å². The van der Waals surface area contributed by atoms with E-state index in [4.69, 9.17) is 19.1 Å². The molecule has 0 atom stereocenters. The van der Waals surface area contributed by atoms with E-state index in [1.165, 1.54) is 11.8 Å². The average Bonchev–Trinajstić information content (AvgIpc) is 3.47. The molecule has 0 bridgehead atoms. The number of ether oxygens (including phenoxy) is 1. The SMILES string of the molecule is COc1ccc2c(c1)nc(-c1ccncc1)n2-c1cc(-c2ccco2)nc(SC)n1. The zero-order chi connectivity index (χ0) is 20.5. The minimum absolute atomic E-state index is 0.648. The fourth-order valence-electron chi connectivity index (χ4n) is 3.28. The maximum Gasteiger partial charge on any atom is 0.189 e. The molecule has 0 saturated carbocycles. The molecule has 0 radical (unpaired) electrons. The summed E-state index contributed by atoms with van der Waals surface area (Å²) in [5.74, 6) is 2.90. The number of hydrogen-bond donors (Lipinski definition) is 0. The van der Waals surface area contributed by atoms with Crippen LogP contribution in [0.3, 0.4) is 0 Å². The van der Waals surface area contributed by atoms with Crippen LogP contribution < -0.4 is 4.74 Å². The Morgan fingerprint density at radius 3 is 2.60 bits per heavy atom. The number of thioether (sulfide) groups is 1. The van der Waals surface area contributed by atoms with Gasteiger partial charge < -0.3 is 9.15 Å². The zero-order valence-electron chi connectivity index (χ0n) is 16.3. The summed E-state index contributed by atoms with van der Waals surface area (Å²) in [5, 5.41) is 0.648. The number of benzene rings is 1. The molecule has 8 heteroatoms. The Hall–Kier alpha value is -3.65. The minimum atomic E-state index is 0.648. The summed E-state index contributed by atoms with van der Waals surface area (Å²) in [7, 11) is 1.65. The summed E-state index contributed by atoms with van der Waals surface area (Å²) in [6.45, 7) is 0. The van der Waals surface area contributed by atoms with Crippen LogP contribution in [-0.4, -0.2) is 37.9 Å². The minimum Gasteiger partial charge on any atom is -0.497 e. The van der Waals surface area contributed by atoms with E-state index in [1.54, 1.807) is 25.8 Å². The molecule has 0 fully saturated rings. The molecule has 0 aliphatic rings. The highest BCUT2D eigenvalue weighted by molar-refractivity contribution is 7.98. The topological polar surface area (TPSA) is 78.9 Å². The highest BCUT2D eigenvalue weighted by Crippen LogP contribution is 2.32. The molecule has 4 aromatic heterocycles. The van der Waals surface area contributed by atoms with Crippen molar-refractivity contribution >= 4 is 22.8 Å². The standard InChI is InChI=1S/C22H17N5O2S/c1-28-15-5-6-18-16(12-15)24-21(14-7-9-23-10-8-14)27(18)20-13-17(19-4-3-11-29-19)25-22(26-20)30-2/h3-13H,1-2H3. The number of nitrogens with zero attached hydrogens (tertiary/aromatic N) is 5. The van der Waals surface area contributed by atoms with Gasteiger partial charge in [-0.2, -0.15) is 0 Å². The third kappa shape index (κ3) is 3.21. The van der Waals surface area contributed by atoms with E-state index in [0.717, 1.165) is 28.2 Å². The van der Waals surface area contributed by atoms with E-state index < -0.39 is 0 Å². The van der Waals surface area contributed by atoms with Gasteiger partial charge in [0.05, 0.1) is 24.4 Å². The number of hydrogen-bond acceptors (Lipinski definition) is 7. The fourth-order valence-corrected chi connectivity index (χ4v) is 3.66. The van der Waals surface area contributed by atoms with Crippen molar-refractivity contribution in [2.75, 3.05) is 13.4 Å². The number of pyridine rings is 1. The van der Waals surface area contributed by atoms with E-state index in [1.807, 2.05) is 59.4 Å². The van der Waals surface area contributed by atoms with Crippen LogP contribution in [0.1, 0.15) is 0 Å². The van der Waals surface area contributed by atoms with Crippen molar-refractivity contribution in [1.29, 1.82) is 0 Å². The van der Waals surface area contributed by atoms with Gasteiger partial charge >= 0.3 is 0 Å². The zero-order valence-corrected chi connectivity index (χ0v) is 17.1. The lowest BCUT2D eigenvalue weighted by molar-refractivity contribution is 0.415. The summed E-state index contributed by atoms with van der Waals surface area (Å²) >= 11 is 1.48. The lowest BCUT2D eigenvalue weighted by Crippen LogP contribution is -2.03. The van der Waals surface area contributed by atoms with Gasteiger partial charge in [-0.15, -0.1) is 0 Å². The quantitative estimate of drug-likeness (QED) is 0.299. The van der Waals surface area contributed by atoms with Gasteiger partial charge in [0.1, 0.15) is 23.1 Å². The van der Waals surface area contributed by atoms with E-state index in [0.29, 0.717) is 22.4 Å². The number of fused-ring (bicyclic) bond motifs is 1. The molecule has 5 aromatic rings. The number of furan rings is 1. The molecule has 0 unspecified atom stereocenters. The van der Waals surface area contributed by atoms with Gasteiger partial charge in [0.25, 0.3) is 0 Å². The van der Waals surface area contributed by atoms with Gasteiger partial charge in [-0.1, -0.05) is 11.8 Å².